The molecule has 1 atom stereocenters. The number of hydrogen-bond acceptors (Lipinski definition) is 3. The van der Waals surface area contributed by atoms with E-state index in [1.807, 2.05) is 31.2 Å². The lowest BCUT2D eigenvalue weighted by molar-refractivity contribution is 0.237. The molecule has 0 saturated carbocycles. The van der Waals surface area contributed by atoms with Crippen LogP contribution in [-0.4, -0.2) is 22.7 Å². The van der Waals surface area contributed by atoms with Crippen LogP contribution in [0.3, 0.4) is 0 Å². The standard InChI is InChI=1S/C17H21N3O2/c1-2-16(14-8-10-18-11-9-14)20-17(22)19-12-7-13-3-5-15(21)6-4-13/h3-6,8-11,16,21H,2,7,12H2,1H3,(H2,19,20,22). The van der Waals surface area contributed by atoms with E-state index in [-0.39, 0.29) is 17.8 Å². The van der Waals surface area contributed by atoms with Crippen LogP contribution in [0, 0.1) is 0 Å². The van der Waals surface area contributed by atoms with E-state index >= 15 is 0 Å². The number of pyridine rings is 1. The van der Waals surface area contributed by atoms with Gasteiger partial charge < -0.3 is 15.7 Å². The van der Waals surface area contributed by atoms with E-state index in [4.69, 9.17) is 0 Å². The highest BCUT2D eigenvalue weighted by Gasteiger charge is 2.11. The first-order chi connectivity index (χ1) is 10.7. The Labute approximate surface area is 130 Å². The first-order valence-electron chi connectivity index (χ1n) is 7.41. The quantitative estimate of drug-likeness (QED) is 0.768. The van der Waals surface area contributed by atoms with Gasteiger partial charge in [-0.3, -0.25) is 4.98 Å². The van der Waals surface area contributed by atoms with Crippen molar-refractivity contribution in [3.05, 3.63) is 59.9 Å². The zero-order valence-corrected chi connectivity index (χ0v) is 12.6. The maximum Gasteiger partial charge on any atom is 0.315 e. The van der Waals surface area contributed by atoms with Gasteiger partial charge in [0.15, 0.2) is 0 Å². The maximum absolute atomic E-state index is 12.0. The Morgan fingerprint density at radius 2 is 1.86 bits per heavy atom. The van der Waals surface area contributed by atoms with Gasteiger partial charge in [0.25, 0.3) is 0 Å². The van der Waals surface area contributed by atoms with Gasteiger partial charge in [0.1, 0.15) is 5.75 Å². The number of carbonyl (C=O) groups excluding carboxylic acids is 1. The number of carbonyl (C=O) groups is 1. The van der Waals surface area contributed by atoms with Crippen LogP contribution in [0.1, 0.15) is 30.5 Å². The Morgan fingerprint density at radius 3 is 2.50 bits per heavy atom. The zero-order chi connectivity index (χ0) is 15.8. The van der Waals surface area contributed by atoms with Crippen LogP contribution in [-0.2, 0) is 6.42 Å². The van der Waals surface area contributed by atoms with Crippen LogP contribution in [0.5, 0.6) is 5.75 Å². The van der Waals surface area contributed by atoms with E-state index in [0.29, 0.717) is 6.54 Å². The molecule has 2 aromatic rings. The van der Waals surface area contributed by atoms with Crippen molar-refractivity contribution in [2.45, 2.75) is 25.8 Å². The molecule has 0 radical (unpaired) electrons. The number of aromatic nitrogens is 1. The van der Waals surface area contributed by atoms with Crippen molar-refractivity contribution in [2.75, 3.05) is 6.54 Å². The molecule has 0 aliphatic heterocycles. The van der Waals surface area contributed by atoms with Gasteiger partial charge in [-0.15, -0.1) is 0 Å². The lowest BCUT2D eigenvalue weighted by Gasteiger charge is -2.17. The highest BCUT2D eigenvalue weighted by atomic mass is 16.3. The molecule has 0 fully saturated rings. The van der Waals surface area contributed by atoms with Crippen LogP contribution < -0.4 is 10.6 Å². The summed E-state index contributed by atoms with van der Waals surface area (Å²) in [6.07, 6.45) is 4.99. The number of nitrogens with zero attached hydrogens (tertiary/aromatic N) is 1. The largest absolute Gasteiger partial charge is 0.508 e. The summed E-state index contributed by atoms with van der Waals surface area (Å²) in [7, 11) is 0. The third kappa shape index (κ3) is 4.77. The molecule has 0 spiro atoms. The van der Waals surface area contributed by atoms with Gasteiger partial charge in [-0.05, 0) is 48.2 Å². The van der Waals surface area contributed by atoms with Crippen LogP contribution in [0.4, 0.5) is 4.79 Å². The Bertz CT molecular complexity index is 585. The zero-order valence-electron chi connectivity index (χ0n) is 12.6. The average molecular weight is 299 g/mol. The van der Waals surface area contributed by atoms with E-state index in [1.165, 1.54) is 0 Å². The number of amides is 2. The van der Waals surface area contributed by atoms with Crippen molar-refractivity contribution in [1.29, 1.82) is 0 Å². The molecular formula is C17H21N3O2. The third-order valence-electron chi connectivity index (χ3n) is 3.46. The molecule has 5 heteroatoms. The monoisotopic (exact) mass is 299 g/mol. The number of hydrogen-bond donors (Lipinski definition) is 3. The number of aromatic hydroxyl groups is 1. The van der Waals surface area contributed by atoms with Crippen LogP contribution in [0.15, 0.2) is 48.8 Å². The number of nitrogens with one attached hydrogen (secondary N) is 2. The minimum absolute atomic E-state index is 0.0170. The van der Waals surface area contributed by atoms with Gasteiger partial charge in [0.2, 0.25) is 0 Å². The highest BCUT2D eigenvalue weighted by Crippen LogP contribution is 2.14. The first kappa shape index (κ1) is 15.8. The molecule has 22 heavy (non-hydrogen) atoms. The van der Waals surface area contributed by atoms with Crippen molar-refractivity contribution in [3.8, 4) is 5.75 Å². The van der Waals surface area contributed by atoms with Gasteiger partial charge >= 0.3 is 6.03 Å². The molecule has 1 aromatic heterocycles. The number of rotatable bonds is 6. The van der Waals surface area contributed by atoms with Crippen LogP contribution in [0.2, 0.25) is 0 Å². The number of urea groups is 1. The summed E-state index contributed by atoms with van der Waals surface area (Å²) in [5.41, 5.74) is 2.12. The lowest BCUT2D eigenvalue weighted by atomic mass is 10.1. The Kier molecular flexibility index (Phi) is 5.77. The second kappa shape index (κ2) is 8.02. The normalized spacial score (nSPS) is 11.7. The molecule has 0 saturated heterocycles. The van der Waals surface area contributed by atoms with Crippen LogP contribution in [0.25, 0.3) is 0 Å². The summed E-state index contributed by atoms with van der Waals surface area (Å²) in [5, 5.41) is 15.0. The van der Waals surface area contributed by atoms with Crippen molar-refractivity contribution in [3.63, 3.8) is 0 Å². The molecule has 5 nitrogen and oxygen atoms in total. The number of phenolic OH excluding ortho intramolecular Hbond substituents is 1. The maximum atomic E-state index is 12.0. The minimum atomic E-state index is -0.178. The molecule has 3 N–H and O–H groups in total. The summed E-state index contributed by atoms with van der Waals surface area (Å²) in [5.74, 6) is 0.248. The summed E-state index contributed by atoms with van der Waals surface area (Å²) in [4.78, 5) is 15.9. The van der Waals surface area contributed by atoms with E-state index in [0.717, 1.165) is 24.0 Å². The minimum Gasteiger partial charge on any atom is -0.508 e. The van der Waals surface area contributed by atoms with Crippen molar-refractivity contribution in [2.24, 2.45) is 0 Å². The fourth-order valence-electron chi connectivity index (χ4n) is 2.21. The lowest BCUT2D eigenvalue weighted by Crippen LogP contribution is -2.38. The molecule has 0 bridgehead atoms. The Morgan fingerprint density at radius 1 is 1.18 bits per heavy atom. The number of benzene rings is 1. The van der Waals surface area contributed by atoms with E-state index in [2.05, 4.69) is 15.6 Å². The Hall–Kier alpha value is -2.56. The smallest absolute Gasteiger partial charge is 0.315 e. The predicted molar refractivity (Wildman–Crippen MR) is 85.6 cm³/mol. The predicted octanol–water partition coefficient (Wildman–Crippen LogP) is 2.78. The van der Waals surface area contributed by atoms with Gasteiger partial charge in [-0.1, -0.05) is 19.1 Å². The molecular weight excluding hydrogens is 278 g/mol. The summed E-state index contributed by atoms with van der Waals surface area (Å²) in [6.45, 7) is 2.57. The summed E-state index contributed by atoms with van der Waals surface area (Å²) in [6, 6.07) is 10.6. The molecule has 2 rings (SSSR count). The summed E-state index contributed by atoms with van der Waals surface area (Å²) >= 11 is 0. The molecule has 1 aromatic carbocycles. The summed E-state index contributed by atoms with van der Waals surface area (Å²) < 4.78 is 0. The third-order valence-corrected chi connectivity index (χ3v) is 3.46. The van der Waals surface area contributed by atoms with E-state index in [9.17, 15) is 9.90 Å². The van der Waals surface area contributed by atoms with Crippen molar-refractivity contribution < 1.29 is 9.90 Å². The van der Waals surface area contributed by atoms with Crippen molar-refractivity contribution in [1.82, 2.24) is 15.6 Å². The fraction of sp³-hybridized carbons (Fsp3) is 0.294. The second-order valence-electron chi connectivity index (χ2n) is 5.06. The molecule has 1 unspecified atom stereocenters. The van der Waals surface area contributed by atoms with Gasteiger partial charge in [0, 0.05) is 18.9 Å². The molecule has 116 valence electrons. The van der Waals surface area contributed by atoms with Crippen LogP contribution >= 0.6 is 0 Å². The Balaban J connectivity index is 1.78. The SMILES string of the molecule is CCC(NC(=O)NCCc1ccc(O)cc1)c1ccncc1. The number of phenols is 1. The van der Waals surface area contributed by atoms with Gasteiger partial charge in [0.05, 0.1) is 6.04 Å². The second-order valence-corrected chi connectivity index (χ2v) is 5.06. The topological polar surface area (TPSA) is 74.2 Å². The molecule has 2 amide bonds. The van der Waals surface area contributed by atoms with Crippen molar-refractivity contribution >= 4 is 6.03 Å². The molecule has 0 aliphatic rings. The van der Waals surface area contributed by atoms with E-state index < -0.39 is 0 Å². The molecule has 0 aliphatic carbocycles. The average Bonchev–Trinajstić information content (AvgIpc) is 2.55. The van der Waals surface area contributed by atoms with Gasteiger partial charge in [-0.25, -0.2) is 4.79 Å². The van der Waals surface area contributed by atoms with E-state index in [1.54, 1.807) is 24.5 Å². The van der Waals surface area contributed by atoms with Gasteiger partial charge in [-0.2, -0.15) is 0 Å². The first-order valence-corrected chi connectivity index (χ1v) is 7.41. The molecule has 1 heterocycles. The fourth-order valence-corrected chi connectivity index (χ4v) is 2.21. The highest BCUT2D eigenvalue weighted by molar-refractivity contribution is 5.74.